The van der Waals surface area contributed by atoms with Crippen LogP contribution in [0.5, 0.6) is 0 Å². The van der Waals surface area contributed by atoms with Crippen molar-refractivity contribution >= 4 is 11.7 Å². The van der Waals surface area contributed by atoms with Crippen molar-refractivity contribution in [1.82, 2.24) is 4.57 Å². The Balaban J connectivity index is 2.15. The summed E-state index contributed by atoms with van der Waals surface area (Å²) in [5.74, 6) is -0.578. The van der Waals surface area contributed by atoms with Crippen LogP contribution in [0.15, 0.2) is 54.7 Å². The molecular formula is C20H17N3O2. The maximum Gasteiger partial charge on any atom is 0.357 e. The van der Waals surface area contributed by atoms with E-state index in [1.807, 2.05) is 61.5 Å². The molecule has 3 rings (SSSR count). The van der Waals surface area contributed by atoms with E-state index in [0.29, 0.717) is 0 Å². The van der Waals surface area contributed by atoms with Crippen molar-refractivity contribution in [3.8, 4) is 22.9 Å². The lowest BCUT2D eigenvalue weighted by atomic mass is 10.0. The maximum atomic E-state index is 12.1. The predicted molar refractivity (Wildman–Crippen MR) is 96.4 cm³/mol. The molecule has 0 unspecified atom stereocenters. The number of benzene rings is 2. The SMILES string of the molecule is COC(=O)c1c(N)c(C#N)cn1-c1ccc(-c2ccccc2)cc1C. The van der Waals surface area contributed by atoms with E-state index in [0.717, 1.165) is 22.4 Å². The summed E-state index contributed by atoms with van der Waals surface area (Å²) < 4.78 is 6.44. The van der Waals surface area contributed by atoms with Crippen LogP contribution in [0.1, 0.15) is 21.6 Å². The molecule has 25 heavy (non-hydrogen) atoms. The number of ether oxygens (including phenoxy) is 1. The Labute approximate surface area is 145 Å². The van der Waals surface area contributed by atoms with Crippen molar-refractivity contribution in [1.29, 1.82) is 5.26 Å². The molecule has 1 heterocycles. The predicted octanol–water partition coefficient (Wildman–Crippen LogP) is 3.69. The monoisotopic (exact) mass is 331 g/mol. The van der Waals surface area contributed by atoms with Gasteiger partial charge in [0.2, 0.25) is 0 Å². The highest BCUT2D eigenvalue weighted by atomic mass is 16.5. The van der Waals surface area contributed by atoms with E-state index >= 15 is 0 Å². The van der Waals surface area contributed by atoms with Gasteiger partial charge in [0.25, 0.3) is 0 Å². The number of rotatable bonds is 3. The first-order valence-electron chi connectivity index (χ1n) is 7.72. The Kier molecular flexibility index (Phi) is 4.27. The van der Waals surface area contributed by atoms with Gasteiger partial charge in [0.05, 0.1) is 18.4 Å². The molecule has 5 nitrogen and oxygen atoms in total. The summed E-state index contributed by atoms with van der Waals surface area (Å²) in [5.41, 5.74) is 10.4. The molecule has 0 bridgehead atoms. The van der Waals surface area contributed by atoms with E-state index < -0.39 is 5.97 Å². The molecule has 0 aliphatic heterocycles. The summed E-state index contributed by atoms with van der Waals surface area (Å²) in [6, 6.07) is 17.9. The fraction of sp³-hybridized carbons (Fsp3) is 0.100. The van der Waals surface area contributed by atoms with Crippen LogP contribution in [0.2, 0.25) is 0 Å². The topological polar surface area (TPSA) is 81.0 Å². The average molecular weight is 331 g/mol. The number of hydrogen-bond donors (Lipinski definition) is 1. The fourth-order valence-electron chi connectivity index (χ4n) is 2.84. The highest BCUT2D eigenvalue weighted by molar-refractivity contribution is 5.96. The molecular weight excluding hydrogens is 314 g/mol. The molecule has 0 saturated carbocycles. The van der Waals surface area contributed by atoms with Gasteiger partial charge in [-0.1, -0.05) is 36.4 Å². The van der Waals surface area contributed by atoms with E-state index in [2.05, 4.69) is 0 Å². The largest absolute Gasteiger partial charge is 0.464 e. The minimum Gasteiger partial charge on any atom is -0.464 e. The lowest BCUT2D eigenvalue weighted by Gasteiger charge is -2.13. The van der Waals surface area contributed by atoms with Crippen LogP contribution in [0.3, 0.4) is 0 Å². The van der Waals surface area contributed by atoms with Crippen molar-refractivity contribution in [2.24, 2.45) is 0 Å². The molecule has 0 radical (unpaired) electrons. The van der Waals surface area contributed by atoms with Crippen LogP contribution in [-0.4, -0.2) is 17.6 Å². The molecule has 3 aromatic rings. The highest BCUT2D eigenvalue weighted by Gasteiger charge is 2.22. The van der Waals surface area contributed by atoms with Gasteiger partial charge in [0.1, 0.15) is 6.07 Å². The zero-order chi connectivity index (χ0) is 18.0. The number of nitrogens with zero attached hydrogens (tertiary/aromatic N) is 2. The number of nitrogen functional groups attached to an aromatic ring is 1. The van der Waals surface area contributed by atoms with Crippen LogP contribution >= 0.6 is 0 Å². The van der Waals surface area contributed by atoms with Crippen molar-refractivity contribution < 1.29 is 9.53 Å². The van der Waals surface area contributed by atoms with Crippen LogP contribution in [-0.2, 0) is 4.74 Å². The van der Waals surface area contributed by atoms with Gasteiger partial charge in [0, 0.05) is 11.9 Å². The standard InChI is InChI=1S/C20H17N3O2/c1-13-10-15(14-6-4-3-5-7-14)8-9-17(13)23-12-16(11-21)18(22)19(23)20(24)25-2/h3-10,12H,22H2,1-2H3. The number of methoxy groups -OCH3 is 1. The normalized spacial score (nSPS) is 10.3. The summed E-state index contributed by atoms with van der Waals surface area (Å²) in [4.78, 5) is 12.1. The zero-order valence-corrected chi connectivity index (χ0v) is 14.0. The quantitative estimate of drug-likeness (QED) is 0.742. The second-order valence-electron chi connectivity index (χ2n) is 5.65. The van der Waals surface area contributed by atoms with Crippen LogP contribution in [0.25, 0.3) is 16.8 Å². The summed E-state index contributed by atoms with van der Waals surface area (Å²) in [7, 11) is 1.29. The van der Waals surface area contributed by atoms with E-state index in [4.69, 9.17) is 10.5 Å². The summed E-state index contributed by atoms with van der Waals surface area (Å²) in [6.45, 7) is 1.95. The molecule has 0 fully saturated rings. The van der Waals surface area contributed by atoms with Crippen LogP contribution in [0, 0.1) is 18.3 Å². The average Bonchev–Trinajstić information content (AvgIpc) is 2.98. The first-order chi connectivity index (χ1) is 12.1. The third-order valence-corrected chi connectivity index (χ3v) is 4.11. The van der Waals surface area contributed by atoms with E-state index in [1.165, 1.54) is 7.11 Å². The van der Waals surface area contributed by atoms with E-state index in [-0.39, 0.29) is 16.9 Å². The maximum absolute atomic E-state index is 12.1. The van der Waals surface area contributed by atoms with E-state index in [1.54, 1.807) is 10.8 Å². The lowest BCUT2D eigenvalue weighted by molar-refractivity contribution is 0.0593. The number of nitriles is 1. The smallest absolute Gasteiger partial charge is 0.357 e. The van der Waals surface area contributed by atoms with Gasteiger partial charge in [-0.05, 0) is 35.7 Å². The summed E-state index contributed by atoms with van der Waals surface area (Å²) in [6.07, 6.45) is 1.56. The molecule has 0 saturated heterocycles. The number of hydrogen-bond acceptors (Lipinski definition) is 4. The minimum atomic E-state index is -0.578. The molecule has 0 aliphatic carbocycles. The first-order valence-corrected chi connectivity index (χ1v) is 7.72. The van der Waals surface area contributed by atoms with Gasteiger partial charge in [-0.3, -0.25) is 0 Å². The van der Waals surface area contributed by atoms with Gasteiger partial charge in [0.15, 0.2) is 5.69 Å². The number of aryl methyl sites for hydroxylation is 1. The Morgan fingerprint density at radius 2 is 1.88 bits per heavy atom. The number of anilines is 1. The Hall–Kier alpha value is -3.52. The molecule has 2 aromatic carbocycles. The van der Waals surface area contributed by atoms with Crippen LogP contribution in [0.4, 0.5) is 5.69 Å². The molecule has 0 aliphatic rings. The summed E-state index contributed by atoms with van der Waals surface area (Å²) >= 11 is 0. The fourth-order valence-corrected chi connectivity index (χ4v) is 2.84. The van der Waals surface area contributed by atoms with Gasteiger partial charge in [-0.2, -0.15) is 5.26 Å². The second kappa shape index (κ2) is 6.54. The second-order valence-corrected chi connectivity index (χ2v) is 5.65. The molecule has 0 amide bonds. The minimum absolute atomic E-state index is 0.126. The van der Waals surface area contributed by atoms with Crippen molar-refractivity contribution in [2.45, 2.75) is 6.92 Å². The number of carbonyl (C=O) groups is 1. The zero-order valence-electron chi connectivity index (χ0n) is 14.0. The Morgan fingerprint density at radius 3 is 2.48 bits per heavy atom. The number of carbonyl (C=O) groups excluding carboxylic acids is 1. The Bertz CT molecular complexity index is 982. The molecule has 124 valence electrons. The van der Waals surface area contributed by atoms with Gasteiger partial charge in [-0.25, -0.2) is 4.79 Å². The summed E-state index contributed by atoms with van der Waals surface area (Å²) in [5, 5.41) is 9.22. The van der Waals surface area contributed by atoms with Gasteiger partial charge >= 0.3 is 5.97 Å². The molecule has 1 aromatic heterocycles. The van der Waals surface area contributed by atoms with Gasteiger partial charge < -0.3 is 15.0 Å². The first kappa shape index (κ1) is 16.3. The molecule has 5 heteroatoms. The highest BCUT2D eigenvalue weighted by Crippen LogP contribution is 2.29. The molecule has 0 spiro atoms. The lowest BCUT2D eigenvalue weighted by Crippen LogP contribution is -2.11. The van der Waals surface area contributed by atoms with Gasteiger partial charge in [-0.15, -0.1) is 0 Å². The number of aromatic nitrogens is 1. The molecule has 0 atom stereocenters. The Morgan fingerprint density at radius 1 is 1.16 bits per heavy atom. The number of esters is 1. The van der Waals surface area contributed by atoms with Crippen molar-refractivity contribution in [3.05, 3.63) is 71.5 Å². The number of nitrogens with two attached hydrogens (primary N) is 1. The van der Waals surface area contributed by atoms with Crippen LogP contribution < -0.4 is 5.73 Å². The van der Waals surface area contributed by atoms with E-state index in [9.17, 15) is 10.1 Å². The van der Waals surface area contributed by atoms with Crippen molar-refractivity contribution in [3.63, 3.8) is 0 Å². The third kappa shape index (κ3) is 2.86. The third-order valence-electron chi connectivity index (χ3n) is 4.11. The van der Waals surface area contributed by atoms with Crippen molar-refractivity contribution in [2.75, 3.05) is 12.8 Å². The molecule has 2 N–H and O–H groups in total.